The number of phenols is 1. The van der Waals surface area contributed by atoms with E-state index in [1.54, 1.807) is 12.1 Å². The van der Waals surface area contributed by atoms with E-state index in [9.17, 15) is 9.90 Å². The number of cyclic esters (lactones) is 1. The molecule has 0 bridgehead atoms. The van der Waals surface area contributed by atoms with Gasteiger partial charge in [-0.3, -0.25) is 0 Å². The molecule has 1 heterocycles. The molecule has 0 amide bonds. The number of phenolic OH excluding ortho intramolecular Hbond substituents is 1. The number of hydrogen-bond donors (Lipinski definition) is 1. The van der Waals surface area contributed by atoms with Crippen molar-refractivity contribution in [1.82, 2.24) is 0 Å². The van der Waals surface area contributed by atoms with Crippen LogP contribution >= 0.6 is 11.6 Å². The predicted octanol–water partition coefficient (Wildman–Crippen LogP) is 5.06. The molecule has 0 saturated carbocycles. The van der Waals surface area contributed by atoms with E-state index in [0.717, 1.165) is 11.1 Å². The summed E-state index contributed by atoms with van der Waals surface area (Å²) in [5.74, 6) is -0.334. The van der Waals surface area contributed by atoms with E-state index < -0.39 is 5.97 Å². The van der Waals surface area contributed by atoms with Gasteiger partial charge < -0.3 is 9.84 Å². The molecule has 0 spiro atoms. The molecule has 4 rings (SSSR count). The minimum Gasteiger partial charge on any atom is -0.507 e. The lowest BCUT2D eigenvalue weighted by atomic mass is 10.0. The summed E-state index contributed by atoms with van der Waals surface area (Å²) in [7, 11) is 0. The molecule has 0 saturated heterocycles. The number of carbonyl (C=O) groups excluding carboxylic acids is 1. The molecule has 5 heteroatoms. The summed E-state index contributed by atoms with van der Waals surface area (Å²) < 4.78 is 5.28. The number of rotatable bonds is 3. The molecule has 0 atom stereocenters. The van der Waals surface area contributed by atoms with Gasteiger partial charge in [-0.1, -0.05) is 54.1 Å². The van der Waals surface area contributed by atoms with Crippen LogP contribution in [0.2, 0.25) is 5.02 Å². The molecule has 1 aliphatic rings. The summed E-state index contributed by atoms with van der Waals surface area (Å²) in [5, 5.41) is 10.4. The molecule has 3 aromatic carbocycles. The third-order valence-electron chi connectivity index (χ3n) is 4.14. The van der Waals surface area contributed by atoms with Gasteiger partial charge in [0.25, 0.3) is 0 Å². The number of hydrogen-bond acceptors (Lipinski definition) is 4. The largest absolute Gasteiger partial charge is 0.507 e. The third-order valence-corrected chi connectivity index (χ3v) is 4.38. The SMILES string of the molecule is O=C1OC(c2ccc(-c3ccccc3)cc2)=NC1=Cc1cc(Cl)ccc1O. The zero-order valence-electron chi connectivity index (χ0n) is 14.1. The Bertz CT molecular complexity index is 1070. The van der Waals surface area contributed by atoms with Gasteiger partial charge in [-0.25, -0.2) is 9.79 Å². The predicted molar refractivity (Wildman–Crippen MR) is 106 cm³/mol. The highest BCUT2D eigenvalue weighted by Crippen LogP contribution is 2.27. The normalized spacial score (nSPS) is 14.9. The highest BCUT2D eigenvalue weighted by Gasteiger charge is 2.24. The molecular weight excluding hydrogens is 362 g/mol. The van der Waals surface area contributed by atoms with Gasteiger partial charge in [0.05, 0.1) is 0 Å². The van der Waals surface area contributed by atoms with Crippen molar-refractivity contribution in [3.05, 3.63) is 94.6 Å². The summed E-state index contributed by atoms with van der Waals surface area (Å²) >= 11 is 5.94. The molecule has 0 radical (unpaired) electrons. The molecular formula is C22H14ClNO3. The Morgan fingerprint density at radius 1 is 0.889 bits per heavy atom. The van der Waals surface area contributed by atoms with Crippen LogP contribution in [0.5, 0.6) is 5.75 Å². The monoisotopic (exact) mass is 375 g/mol. The van der Waals surface area contributed by atoms with Crippen molar-refractivity contribution >= 4 is 29.5 Å². The van der Waals surface area contributed by atoms with E-state index in [1.165, 1.54) is 12.1 Å². The number of nitrogens with zero attached hydrogens (tertiary/aromatic N) is 1. The maximum absolute atomic E-state index is 12.1. The number of halogens is 1. The van der Waals surface area contributed by atoms with Gasteiger partial charge in [-0.05, 0) is 47.5 Å². The Morgan fingerprint density at radius 2 is 1.56 bits per heavy atom. The summed E-state index contributed by atoms with van der Waals surface area (Å²) in [6.45, 7) is 0. The Balaban J connectivity index is 1.63. The smallest absolute Gasteiger partial charge is 0.363 e. The lowest BCUT2D eigenvalue weighted by molar-refractivity contribution is -0.129. The van der Waals surface area contributed by atoms with Gasteiger partial charge in [0.15, 0.2) is 5.70 Å². The first kappa shape index (κ1) is 17.1. The van der Waals surface area contributed by atoms with Crippen molar-refractivity contribution in [2.45, 2.75) is 0 Å². The quantitative estimate of drug-likeness (QED) is 0.514. The molecule has 132 valence electrons. The molecule has 1 N–H and O–H groups in total. The summed E-state index contributed by atoms with van der Waals surface area (Å²) in [4.78, 5) is 16.4. The molecule has 0 unspecified atom stereocenters. The van der Waals surface area contributed by atoms with Gasteiger partial charge >= 0.3 is 5.97 Å². The molecule has 0 fully saturated rings. The van der Waals surface area contributed by atoms with Crippen molar-refractivity contribution in [3.8, 4) is 16.9 Å². The van der Waals surface area contributed by atoms with Crippen LogP contribution in [0.15, 0.2) is 83.5 Å². The minimum atomic E-state index is -0.573. The van der Waals surface area contributed by atoms with Gasteiger partial charge in [0, 0.05) is 16.1 Å². The second-order valence-corrected chi connectivity index (χ2v) is 6.42. The van der Waals surface area contributed by atoms with Crippen molar-refractivity contribution in [1.29, 1.82) is 0 Å². The highest BCUT2D eigenvalue weighted by molar-refractivity contribution is 6.30. The maximum Gasteiger partial charge on any atom is 0.363 e. The number of aromatic hydroxyl groups is 1. The second kappa shape index (κ2) is 7.09. The van der Waals surface area contributed by atoms with Crippen LogP contribution < -0.4 is 0 Å². The molecule has 0 aliphatic carbocycles. The van der Waals surface area contributed by atoms with Crippen LogP contribution in [0, 0.1) is 0 Å². The fourth-order valence-electron chi connectivity index (χ4n) is 2.76. The number of ether oxygens (including phenoxy) is 1. The number of aliphatic imine (C=N–C) groups is 1. The van der Waals surface area contributed by atoms with Crippen LogP contribution in [0.25, 0.3) is 17.2 Å². The summed E-state index contributed by atoms with van der Waals surface area (Å²) in [6, 6.07) is 22.2. The van der Waals surface area contributed by atoms with E-state index >= 15 is 0 Å². The van der Waals surface area contributed by atoms with Crippen molar-refractivity contribution in [2.75, 3.05) is 0 Å². The van der Waals surface area contributed by atoms with Crippen molar-refractivity contribution in [2.24, 2.45) is 4.99 Å². The molecule has 3 aromatic rings. The lowest BCUT2D eigenvalue weighted by Crippen LogP contribution is -2.05. The van der Waals surface area contributed by atoms with E-state index in [2.05, 4.69) is 4.99 Å². The first-order valence-corrected chi connectivity index (χ1v) is 8.65. The van der Waals surface area contributed by atoms with Gasteiger partial charge in [0.2, 0.25) is 5.90 Å². The molecule has 27 heavy (non-hydrogen) atoms. The van der Waals surface area contributed by atoms with E-state index in [0.29, 0.717) is 16.1 Å². The lowest BCUT2D eigenvalue weighted by Gasteiger charge is -2.03. The number of benzene rings is 3. The molecule has 1 aliphatic heterocycles. The van der Waals surface area contributed by atoms with E-state index in [4.69, 9.17) is 16.3 Å². The fourth-order valence-corrected chi connectivity index (χ4v) is 2.94. The van der Waals surface area contributed by atoms with Crippen LogP contribution in [0.4, 0.5) is 0 Å². The van der Waals surface area contributed by atoms with Crippen molar-refractivity contribution < 1.29 is 14.6 Å². The number of esters is 1. The Kier molecular flexibility index (Phi) is 4.48. The van der Waals surface area contributed by atoms with Gasteiger partial charge in [-0.2, -0.15) is 0 Å². The zero-order valence-corrected chi connectivity index (χ0v) is 14.9. The average Bonchev–Trinajstić information content (AvgIpc) is 3.06. The van der Waals surface area contributed by atoms with Crippen LogP contribution in [0.3, 0.4) is 0 Å². The molecule has 4 nitrogen and oxygen atoms in total. The minimum absolute atomic E-state index is 0.00978. The first-order chi connectivity index (χ1) is 13.1. The van der Waals surface area contributed by atoms with Crippen molar-refractivity contribution in [3.63, 3.8) is 0 Å². The Labute approximate surface area is 161 Å². The Morgan fingerprint density at radius 3 is 2.30 bits per heavy atom. The summed E-state index contributed by atoms with van der Waals surface area (Å²) in [6.07, 6.45) is 1.45. The van der Waals surface area contributed by atoms with E-state index in [-0.39, 0.29) is 17.3 Å². The average molecular weight is 376 g/mol. The number of carbonyl (C=O) groups is 1. The van der Waals surface area contributed by atoms with Crippen LogP contribution in [-0.2, 0) is 9.53 Å². The topological polar surface area (TPSA) is 58.9 Å². The Hall–Kier alpha value is -3.37. The standard InChI is InChI=1S/C22H14ClNO3/c23-18-10-11-20(25)17(12-18)13-19-22(26)27-21(24-19)16-8-6-15(7-9-16)14-4-2-1-3-5-14/h1-13,25H. The van der Waals surface area contributed by atoms with Crippen LogP contribution in [0.1, 0.15) is 11.1 Å². The third kappa shape index (κ3) is 3.61. The maximum atomic E-state index is 12.1. The highest BCUT2D eigenvalue weighted by atomic mass is 35.5. The first-order valence-electron chi connectivity index (χ1n) is 8.27. The second-order valence-electron chi connectivity index (χ2n) is 5.98. The van der Waals surface area contributed by atoms with Gasteiger partial charge in [0.1, 0.15) is 5.75 Å². The summed E-state index contributed by atoms with van der Waals surface area (Å²) in [5.41, 5.74) is 3.37. The molecule has 0 aromatic heterocycles. The van der Waals surface area contributed by atoms with E-state index in [1.807, 2.05) is 54.6 Å². The van der Waals surface area contributed by atoms with Crippen LogP contribution in [-0.4, -0.2) is 17.0 Å². The fraction of sp³-hybridized carbons (Fsp3) is 0. The van der Waals surface area contributed by atoms with Gasteiger partial charge in [-0.15, -0.1) is 0 Å². The zero-order chi connectivity index (χ0) is 18.8.